The Kier molecular flexibility index (Phi) is 5.30. The number of amides is 1. The number of carbonyl (C=O) groups excluding carboxylic acids is 1. The molecule has 3 aromatic rings. The quantitative estimate of drug-likeness (QED) is 0.649. The molecular formula is C20H17F3N4O3. The SMILES string of the molecule is O=C(NC1CC1)OCc1ccc(-c2ncn(-c3ccc(OC(F)(F)F)cc3)n2)cc1. The van der Waals surface area contributed by atoms with Crippen LogP contribution in [0.25, 0.3) is 17.1 Å². The molecule has 10 heteroatoms. The van der Waals surface area contributed by atoms with Crippen LogP contribution in [0.5, 0.6) is 5.75 Å². The van der Waals surface area contributed by atoms with Crippen LogP contribution in [-0.2, 0) is 11.3 Å². The van der Waals surface area contributed by atoms with Gasteiger partial charge in [0.2, 0.25) is 0 Å². The molecule has 7 nitrogen and oxygen atoms in total. The summed E-state index contributed by atoms with van der Waals surface area (Å²) in [5.41, 5.74) is 2.11. The number of alkyl halides is 3. The molecular weight excluding hydrogens is 401 g/mol. The Morgan fingerprint density at radius 2 is 1.80 bits per heavy atom. The summed E-state index contributed by atoms with van der Waals surface area (Å²) in [5, 5.41) is 7.09. The van der Waals surface area contributed by atoms with E-state index in [1.165, 1.54) is 35.3 Å². The molecule has 0 atom stereocenters. The van der Waals surface area contributed by atoms with E-state index in [0.717, 1.165) is 24.0 Å². The van der Waals surface area contributed by atoms with Crippen LogP contribution in [-0.4, -0.2) is 33.3 Å². The molecule has 1 aliphatic carbocycles. The summed E-state index contributed by atoms with van der Waals surface area (Å²) in [6.45, 7) is 0.160. The summed E-state index contributed by atoms with van der Waals surface area (Å²) in [6, 6.07) is 12.8. The molecule has 0 saturated heterocycles. The van der Waals surface area contributed by atoms with E-state index in [1.54, 1.807) is 12.1 Å². The summed E-state index contributed by atoms with van der Waals surface area (Å²) in [7, 11) is 0. The maximum atomic E-state index is 12.2. The minimum Gasteiger partial charge on any atom is -0.445 e. The Morgan fingerprint density at radius 3 is 2.43 bits per heavy atom. The molecule has 0 spiro atoms. The van der Waals surface area contributed by atoms with Crippen molar-refractivity contribution in [3.8, 4) is 22.8 Å². The summed E-state index contributed by atoms with van der Waals surface area (Å²) >= 11 is 0. The maximum absolute atomic E-state index is 12.2. The molecule has 156 valence electrons. The lowest BCUT2D eigenvalue weighted by Crippen LogP contribution is -2.25. The second-order valence-corrected chi connectivity index (χ2v) is 6.75. The monoisotopic (exact) mass is 418 g/mol. The molecule has 1 aromatic heterocycles. The fraction of sp³-hybridized carbons (Fsp3) is 0.250. The van der Waals surface area contributed by atoms with Gasteiger partial charge in [-0.2, -0.15) is 0 Å². The van der Waals surface area contributed by atoms with Crippen molar-refractivity contribution in [2.75, 3.05) is 0 Å². The number of rotatable bonds is 6. The first-order chi connectivity index (χ1) is 14.4. The van der Waals surface area contributed by atoms with Crippen molar-refractivity contribution in [3.63, 3.8) is 0 Å². The average molecular weight is 418 g/mol. The number of nitrogens with zero attached hydrogens (tertiary/aromatic N) is 3. The van der Waals surface area contributed by atoms with Crippen LogP contribution in [0.3, 0.4) is 0 Å². The highest BCUT2D eigenvalue weighted by Crippen LogP contribution is 2.24. The molecule has 1 heterocycles. The molecule has 4 rings (SSSR count). The zero-order valence-electron chi connectivity index (χ0n) is 15.6. The minimum atomic E-state index is -4.74. The van der Waals surface area contributed by atoms with E-state index in [1.807, 2.05) is 12.1 Å². The van der Waals surface area contributed by atoms with Crippen LogP contribution >= 0.6 is 0 Å². The smallest absolute Gasteiger partial charge is 0.445 e. The standard InChI is InChI=1S/C20H17F3N4O3/c21-20(22,23)30-17-9-7-16(8-10-17)27-12-24-18(26-27)14-3-1-13(2-4-14)11-29-19(28)25-15-5-6-15/h1-4,7-10,12,15H,5-6,11H2,(H,25,28). The number of halogens is 3. The van der Waals surface area contributed by atoms with Crippen molar-refractivity contribution in [1.29, 1.82) is 0 Å². The minimum absolute atomic E-state index is 0.160. The molecule has 1 fully saturated rings. The third-order valence-electron chi connectivity index (χ3n) is 4.31. The fourth-order valence-electron chi connectivity index (χ4n) is 2.66. The average Bonchev–Trinajstić information content (AvgIpc) is 3.38. The van der Waals surface area contributed by atoms with E-state index >= 15 is 0 Å². The summed E-state index contributed by atoms with van der Waals surface area (Å²) in [6.07, 6.45) is -1.70. The van der Waals surface area contributed by atoms with Gasteiger partial charge in [-0.25, -0.2) is 14.5 Å². The molecule has 1 saturated carbocycles. The third kappa shape index (κ3) is 5.28. The molecule has 0 radical (unpaired) electrons. The topological polar surface area (TPSA) is 78.3 Å². The number of hydrogen-bond donors (Lipinski definition) is 1. The van der Waals surface area contributed by atoms with Crippen LogP contribution in [0.2, 0.25) is 0 Å². The number of nitrogens with one attached hydrogen (secondary N) is 1. The van der Waals surface area contributed by atoms with E-state index in [9.17, 15) is 18.0 Å². The van der Waals surface area contributed by atoms with E-state index in [-0.39, 0.29) is 18.4 Å². The Balaban J connectivity index is 1.37. The van der Waals surface area contributed by atoms with E-state index in [2.05, 4.69) is 20.1 Å². The highest BCUT2D eigenvalue weighted by molar-refractivity contribution is 5.68. The highest BCUT2D eigenvalue weighted by Gasteiger charge is 2.31. The van der Waals surface area contributed by atoms with Gasteiger partial charge >= 0.3 is 12.5 Å². The molecule has 0 bridgehead atoms. The van der Waals surface area contributed by atoms with Gasteiger partial charge in [0, 0.05) is 11.6 Å². The summed E-state index contributed by atoms with van der Waals surface area (Å²) < 4.78 is 47.2. The van der Waals surface area contributed by atoms with Gasteiger partial charge < -0.3 is 14.8 Å². The van der Waals surface area contributed by atoms with Crippen molar-refractivity contribution in [2.24, 2.45) is 0 Å². The van der Waals surface area contributed by atoms with E-state index < -0.39 is 12.5 Å². The number of hydrogen-bond acceptors (Lipinski definition) is 5. The van der Waals surface area contributed by atoms with Crippen molar-refractivity contribution < 1.29 is 27.4 Å². The first kappa shape index (κ1) is 19.7. The van der Waals surface area contributed by atoms with Crippen molar-refractivity contribution >= 4 is 6.09 Å². The molecule has 0 aliphatic heterocycles. The third-order valence-corrected chi connectivity index (χ3v) is 4.31. The van der Waals surface area contributed by atoms with Gasteiger partial charge in [0.15, 0.2) is 5.82 Å². The van der Waals surface area contributed by atoms with Gasteiger partial charge in [0.05, 0.1) is 5.69 Å². The maximum Gasteiger partial charge on any atom is 0.573 e. The zero-order valence-corrected chi connectivity index (χ0v) is 15.6. The van der Waals surface area contributed by atoms with Crippen LogP contribution in [0.15, 0.2) is 54.9 Å². The number of benzene rings is 2. The fourth-order valence-corrected chi connectivity index (χ4v) is 2.66. The van der Waals surface area contributed by atoms with Gasteiger partial charge in [-0.15, -0.1) is 18.3 Å². The van der Waals surface area contributed by atoms with Gasteiger partial charge in [-0.1, -0.05) is 24.3 Å². The number of ether oxygens (including phenoxy) is 2. The Hall–Kier alpha value is -3.56. The first-order valence-corrected chi connectivity index (χ1v) is 9.16. The van der Waals surface area contributed by atoms with E-state index in [4.69, 9.17) is 4.74 Å². The lowest BCUT2D eigenvalue weighted by molar-refractivity contribution is -0.274. The Bertz CT molecular complexity index is 1010. The van der Waals surface area contributed by atoms with Crippen molar-refractivity contribution in [1.82, 2.24) is 20.1 Å². The van der Waals surface area contributed by atoms with Gasteiger partial charge in [0.25, 0.3) is 0 Å². The molecule has 2 aromatic carbocycles. The predicted molar refractivity (Wildman–Crippen MR) is 99.8 cm³/mol. The Morgan fingerprint density at radius 1 is 1.10 bits per heavy atom. The molecule has 1 aliphatic rings. The van der Waals surface area contributed by atoms with E-state index in [0.29, 0.717) is 11.5 Å². The summed E-state index contributed by atoms with van der Waals surface area (Å²) in [4.78, 5) is 15.8. The lowest BCUT2D eigenvalue weighted by Gasteiger charge is -2.09. The molecule has 30 heavy (non-hydrogen) atoms. The number of alkyl carbamates (subject to hydrolysis) is 1. The predicted octanol–water partition coefficient (Wildman–Crippen LogP) is 4.22. The number of aromatic nitrogens is 3. The van der Waals surface area contributed by atoms with Gasteiger partial charge in [0.1, 0.15) is 18.7 Å². The molecule has 1 amide bonds. The molecule has 1 N–H and O–H groups in total. The van der Waals surface area contributed by atoms with Crippen LogP contribution in [0.1, 0.15) is 18.4 Å². The largest absolute Gasteiger partial charge is 0.573 e. The van der Waals surface area contributed by atoms with Crippen LogP contribution in [0.4, 0.5) is 18.0 Å². The second kappa shape index (κ2) is 8.05. The second-order valence-electron chi connectivity index (χ2n) is 6.75. The number of carbonyl (C=O) groups is 1. The van der Waals surface area contributed by atoms with Gasteiger partial charge in [-0.3, -0.25) is 0 Å². The first-order valence-electron chi connectivity index (χ1n) is 9.16. The van der Waals surface area contributed by atoms with Crippen LogP contribution < -0.4 is 10.1 Å². The summed E-state index contributed by atoms with van der Waals surface area (Å²) in [5.74, 6) is 0.139. The molecule has 0 unspecified atom stereocenters. The van der Waals surface area contributed by atoms with Crippen molar-refractivity contribution in [2.45, 2.75) is 31.9 Å². The highest BCUT2D eigenvalue weighted by atomic mass is 19.4. The normalized spacial score (nSPS) is 13.7. The zero-order chi connectivity index (χ0) is 21.1. The van der Waals surface area contributed by atoms with Gasteiger partial charge in [-0.05, 0) is 42.7 Å². The van der Waals surface area contributed by atoms with Crippen LogP contribution in [0, 0.1) is 0 Å². The van der Waals surface area contributed by atoms with Crippen molar-refractivity contribution in [3.05, 3.63) is 60.4 Å². The Labute approximate surface area is 169 Å². The lowest BCUT2D eigenvalue weighted by atomic mass is 10.1.